The minimum atomic E-state index is -0.963. The quantitative estimate of drug-likeness (QED) is 0.229. The number of carbonyl (C=O) groups is 3. The third-order valence-electron chi connectivity index (χ3n) is 6.94. The van der Waals surface area contributed by atoms with E-state index in [1.807, 2.05) is 49.4 Å². The Hall–Kier alpha value is -4.76. The molecule has 4 aromatic rings. The number of nitrogens with zero attached hydrogens (tertiary/aromatic N) is 4. The lowest BCUT2D eigenvalue weighted by atomic mass is 9.90. The lowest BCUT2D eigenvalue weighted by molar-refractivity contribution is -0.126. The van der Waals surface area contributed by atoms with Crippen molar-refractivity contribution in [3.8, 4) is 5.75 Å². The normalized spacial score (nSPS) is 20.6. The van der Waals surface area contributed by atoms with Gasteiger partial charge in [-0.1, -0.05) is 48.5 Å². The number of aryl methyl sites for hydroxylation is 2. The molecule has 9 heteroatoms. The van der Waals surface area contributed by atoms with Crippen LogP contribution in [0.25, 0.3) is 0 Å². The van der Waals surface area contributed by atoms with Gasteiger partial charge in [0.25, 0.3) is 5.91 Å². The number of amides is 2. The van der Waals surface area contributed by atoms with Crippen LogP contribution in [-0.4, -0.2) is 33.7 Å². The zero-order valence-corrected chi connectivity index (χ0v) is 20.7. The number of imide groups is 1. The summed E-state index contributed by atoms with van der Waals surface area (Å²) in [4.78, 5) is 47.3. The molecule has 2 amide bonds. The first-order chi connectivity index (χ1) is 18.4. The van der Waals surface area contributed by atoms with Crippen LogP contribution in [-0.2, 0) is 21.5 Å². The average Bonchev–Trinajstić information content (AvgIpc) is 3.60. The Morgan fingerprint density at radius 3 is 2.29 bits per heavy atom. The van der Waals surface area contributed by atoms with Crippen LogP contribution in [0.1, 0.15) is 27.7 Å². The number of carbonyl (C=O) groups excluding carboxylic acids is 3. The number of benzene rings is 3. The van der Waals surface area contributed by atoms with Crippen LogP contribution in [0, 0.1) is 12.8 Å². The number of anilines is 2. The van der Waals surface area contributed by atoms with E-state index in [2.05, 4.69) is 5.10 Å². The van der Waals surface area contributed by atoms with Crippen LogP contribution in [0.15, 0.2) is 91.1 Å². The van der Waals surface area contributed by atoms with E-state index < -0.39 is 24.0 Å². The van der Waals surface area contributed by atoms with E-state index in [0.717, 1.165) is 16.8 Å². The second kappa shape index (κ2) is 9.28. The molecule has 0 N–H and O–H groups in total. The number of hydrogen-bond donors (Lipinski definition) is 0. The fourth-order valence-corrected chi connectivity index (χ4v) is 5.07. The third kappa shape index (κ3) is 3.84. The summed E-state index contributed by atoms with van der Waals surface area (Å²) in [5.41, 5.74) is 3.17. The standard InChI is InChI=1S/C29H24N4O5/c1-18-8-6-7-11-22(18)32-27(34)24-25(33(38-26(24)28(32)35)20-9-4-3-5-10-20)19-12-14-21(15-13-19)37-29(36)23-16-17-30-31(23)2/h3-17,24-26H,1-2H3/t24-,25-,26-/m0/s1. The molecule has 3 aromatic carbocycles. The molecule has 190 valence electrons. The van der Waals surface area contributed by atoms with Crippen molar-refractivity contribution in [3.63, 3.8) is 0 Å². The van der Waals surface area contributed by atoms with Gasteiger partial charge in [0.05, 0.1) is 17.4 Å². The summed E-state index contributed by atoms with van der Waals surface area (Å²) in [6, 6.07) is 24.6. The number of para-hydroxylation sites is 2. The molecule has 2 saturated heterocycles. The van der Waals surface area contributed by atoms with Crippen molar-refractivity contribution in [2.75, 3.05) is 9.96 Å². The number of hydroxylamine groups is 1. The van der Waals surface area contributed by atoms with Gasteiger partial charge in [-0.05, 0) is 54.4 Å². The van der Waals surface area contributed by atoms with E-state index in [1.165, 1.54) is 15.8 Å². The first-order valence-corrected chi connectivity index (χ1v) is 12.2. The summed E-state index contributed by atoms with van der Waals surface area (Å²) in [7, 11) is 1.66. The lowest BCUT2D eigenvalue weighted by Crippen LogP contribution is -2.37. The van der Waals surface area contributed by atoms with Gasteiger partial charge in [0, 0.05) is 13.2 Å². The van der Waals surface area contributed by atoms with Crippen molar-refractivity contribution in [1.82, 2.24) is 9.78 Å². The van der Waals surface area contributed by atoms with Crippen molar-refractivity contribution in [1.29, 1.82) is 0 Å². The fourth-order valence-electron chi connectivity index (χ4n) is 5.07. The monoisotopic (exact) mass is 508 g/mol. The van der Waals surface area contributed by atoms with E-state index in [1.54, 1.807) is 54.6 Å². The first kappa shape index (κ1) is 23.6. The second-order valence-electron chi connectivity index (χ2n) is 9.25. The molecule has 0 spiro atoms. The van der Waals surface area contributed by atoms with Crippen LogP contribution in [0.4, 0.5) is 11.4 Å². The number of fused-ring (bicyclic) bond motifs is 1. The Morgan fingerprint density at radius 1 is 0.895 bits per heavy atom. The topological polar surface area (TPSA) is 94.0 Å². The van der Waals surface area contributed by atoms with Crippen LogP contribution in [0.3, 0.4) is 0 Å². The van der Waals surface area contributed by atoms with Crippen molar-refractivity contribution >= 4 is 29.2 Å². The average molecular weight is 509 g/mol. The van der Waals surface area contributed by atoms with Gasteiger partial charge in [0.1, 0.15) is 17.4 Å². The predicted octanol–water partition coefficient (Wildman–Crippen LogP) is 4.00. The molecular formula is C29H24N4O5. The van der Waals surface area contributed by atoms with Gasteiger partial charge in [0.15, 0.2) is 6.10 Å². The molecule has 0 bridgehead atoms. The molecule has 1 aromatic heterocycles. The summed E-state index contributed by atoms with van der Waals surface area (Å²) in [5.74, 6) is -1.65. The molecule has 0 unspecified atom stereocenters. The van der Waals surface area contributed by atoms with Crippen molar-refractivity contribution in [2.24, 2.45) is 13.0 Å². The molecular weight excluding hydrogens is 484 g/mol. The van der Waals surface area contributed by atoms with Crippen LogP contribution < -0.4 is 14.7 Å². The summed E-state index contributed by atoms with van der Waals surface area (Å²) in [6.45, 7) is 1.87. The van der Waals surface area contributed by atoms with Gasteiger partial charge < -0.3 is 4.74 Å². The Balaban J connectivity index is 1.34. The number of aromatic nitrogens is 2. The molecule has 3 atom stereocenters. The Labute approximate surface area is 218 Å². The summed E-state index contributed by atoms with van der Waals surface area (Å²) in [6.07, 6.45) is 0.559. The van der Waals surface area contributed by atoms with E-state index in [0.29, 0.717) is 17.1 Å². The highest BCUT2D eigenvalue weighted by Crippen LogP contribution is 2.48. The molecule has 38 heavy (non-hydrogen) atoms. The third-order valence-corrected chi connectivity index (χ3v) is 6.94. The maximum absolute atomic E-state index is 13.8. The number of ether oxygens (including phenoxy) is 1. The molecule has 3 heterocycles. The van der Waals surface area contributed by atoms with Crippen LogP contribution in [0.5, 0.6) is 5.75 Å². The summed E-state index contributed by atoms with van der Waals surface area (Å²) in [5, 5.41) is 5.63. The highest BCUT2D eigenvalue weighted by Gasteiger charge is 2.60. The van der Waals surface area contributed by atoms with Crippen molar-refractivity contribution in [2.45, 2.75) is 19.1 Å². The van der Waals surface area contributed by atoms with Gasteiger partial charge in [-0.3, -0.25) is 19.1 Å². The number of hydrogen-bond acceptors (Lipinski definition) is 7. The maximum Gasteiger partial charge on any atom is 0.361 e. The molecule has 2 aliphatic heterocycles. The molecule has 2 fully saturated rings. The van der Waals surface area contributed by atoms with Gasteiger partial charge in [-0.25, -0.2) is 14.8 Å². The zero-order chi connectivity index (χ0) is 26.4. The largest absolute Gasteiger partial charge is 0.422 e. The zero-order valence-electron chi connectivity index (χ0n) is 20.7. The number of esters is 1. The molecule has 2 aliphatic rings. The van der Waals surface area contributed by atoms with Crippen molar-refractivity contribution in [3.05, 3.63) is 108 Å². The van der Waals surface area contributed by atoms with E-state index in [9.17, 15) is 14.4 Å². The van der Waals surface area contributed by atoms with Gasteiger partial charge >= 0.3 is 5.97 Å². The number of rotatable bonds is 5. The first-order valence-electron chi connectivity index (χ1n) is 12.2. The van der Waals surface area contributed by atoms with Gasteiger partial charge in [-0.2, -0.15) is 5.10 Å². The predicted molar refractivity (Wildman–Crippen MR) is 138 cm³/mol. The van der Waals surface area contributed by atoms with Crippen LogP contribution in [0.2, 0.25) is 0 Å². The molecule has 6 rings (SSSR count). The minimum absolute atomic E-state index is 0.315. The molecule has 0 aliphatic carbocycles. The smallest absolute Gasteiger partial charge is 0.361 e. The molecule has 0 radical (unpaired) electrons. The molecule has 0 saturated carbocycles. The molecule has 9 nitrogen and oxygen atoms in total. The Morgan fingerprint density at radius 2 is 1.61 bits per heavy atom. The summed E-state index contributed by atoms with van der Waals surface area (Å²) >= 11 is 0. The van der Waals surface area contributed by atoms with Crippen LogP contribution >= 0.6 is 0 Å². The highest BCUT2D eigenvalue weighted by molar-refractivity contribution is 6.24. The second-order valence-corrected chi connectivity index (χ2v) is 9.25. The lowest BCUT2D eigenvalue weighted by Gasteiger charge is -2.29. The fraction of sp³-hybridized carbons (Fsp3) is 0.172. The maximum atomic E-state index is 13.8. The summed E-state index contributed by atoms with van der Waals surface area (Å²) < 4.78 is 6.95. The SMILES string of the molecule is Cc1ccccc1N1C(=O)[C@@H]2[C@H](ON(c3ccccc3)[C@H]2c2ccc(OC(=O)c3ccnn3C)cc2)C1=O. The Kier molecular flexibility index (Phi) is 5.77. The highest BCUT2D eigenvalue weighted by atomic mass is 16.7. The minimum Gasteiger partial charge on any atom is -0.422 e. The van der Waals surface area contributed by atoms with Gasteiger partial charge in [-0.15, -0.1) is 0 Å². The van der Waals surface area contributed by atoms with Crippen molar-refractivity contribution < 1.29 is 24.0 Å². The van der Waals surface area contributed by atoms with E-state index in [4.69, 9.17) is 9.57 Å². The van der Waals surface area contributed by atoms with E-state index in [-0.39, 0.29) is 11.8 Å². The Bertz CT molecular complexity index is 1530. The van der Waals surface area contributed by atoms with Gasteiger partial charge in [0.2, 0.25) is 5.91 Å². The van der Waals surface area contributed by atoms with E-state index >= 15 is 0 Å².